The third-order valence-corrected chi connectivity index (χ3v) is 4.87. The molecular formula is C20H20ClFN2O2. The lowest BCUT2D eigenvalue weighted by Gasteiger charge is -2.32. The zero-order valence-electron chi connectivity index (χ0n) is 14.5. The number of aryl methyl sites for hydroxylation is 1. The first-order valence-electron chi connectivity index (χ1n) is 8.56. The van der Waals surface area contributed by atoms with Gasteiger partial charge in [-0.25, -0.2) is 4.39 Å². The van der Waals surface area contributed by atoms with Crippen LogP contribution in [-0.2, 0) is 4.79 Å². The summed E-state index contributed by atoms with van der Waals surface area (Å²) in [6, 6.07) is 11.0. The van der Waals surface area contributed by atoms with Crippen molar-refractivity contribution in [3.05, 3.63) is 64.4 Å². The van der Waals surface area contributed by atoms with Crippen molar-refractivity contribution in [3.8, 4) is 0 Å². The first kappa shape index (κ1) is 18.4. The molecular weight excluding hydrogens is 355 g/mol. The molecule has 0 aromatic heterocycles. The van der Waals surface area contributed by atoms with Crippen LogP contribution in [-0.4, -0.2) is 29.8 Å². The van der Waals surface area contributed by atoms with Gasteiger partial charge in [0.15, 0.2) is 0 Å². The minimum atomic E-state index is -0.335. The van der Waals surface area contributed by atoms with E-state index >= 15 is 0 Å². The molecule has 6 heteroatoms. The highest BCUT2D eigenvalue weighted by Gasteiger charge is 2.29. The summed E-state index contributed by atoms with van der Waals surface area (Å²) in [6.07, 6.45) is 1.48. The van der Waals surface area contributed by atoms with Gasteiger partial charge in [0.1, 0.15) is 5.82 Å². The predicted molar refractivity (Wildman–Crippen MR) is 99.8 cm³/mol. The lowest BCUT2D eigenvalue weighted by atomic mass is 9.96. The largest absolute Gasteiger partial charge is 0.338 e. The van der Waals surface area contributed by atoms with E-state index in [0.29, 0.717) is 34.9 Å². The summed E-state index contributed by atoms with van der Waals surface area (Å²) in [7, 11) is 0. The van der Waals surface area contributed by atoms with Gasteiger partial charge in [-0.2, -0.15) is 0 Å². The SMILES string of the molecule is Cc1cc(F)ccc1NC(=O)C1CCCN(C(=O)c2ccc(Cl)cc2)C1. The van der Waals surface area contributed by atoms with E-state index in [-0.39, 0.29) is 23.5 Å². The highest BCUT2D eigenvalue weighted by atomic mass is 35.5. The summed E-state index contributed by atoms with van der Waals surface area (Å²) in [4.78, 5) is 26.9. The van der Waals surface area contributed by atoms with E-state index in [4.69, 9.17) is 11.6 Å². The number of nitrogens with zero attached hydrogens (tertiary/aromatic N) is 1. The van der Waals surface area contributed by atoms with Crippen LogP contribution in [0.3, 0.4) is 0 Å². The zero-order valence-corrected chi connectivity index (χ0v) is 15.2. The summed E-state index contributed by atoms with van der Waals surface area (Å²) >= 11 is 5.87. The van der Waals surface area contributed by atoms with Crippen molar-refractivity contribution in [3.63, 3.8) is 0 Å². The highest BCUT2D eigenvalue weighted by molar-refractivity contribution is 6.30. The molecule has 1 heterocycles. The number of halogens is 2. The summed E-state index contributed by atoms with van der Waals surface area (Å²) in [5.41, 5.74) is 1.82. The van der Waals surface area contributed by atoms with Crippen LogP contribution in [0.4, 0.5) is 10.1 Å². The fraction of sp³-hybridized carbons (Fsp3) is 0.300. The van der Waals surface area contributed by atoms with Crippen LogP contribution >= 0.6 is 11.6 Å². The van der Waals surface area contributed by atoms with Gasteiger partial charge in [0.05, 0.1) is 5.92 Å². The number of hydrogen-bond donors (Lipinski definition) is 1. The Kier molecular flexibility index (Phi) is 5.57. The van der Waals surface area contributed by atoms with Crippen LogP contribution in [0.15, 0.2) is 42.5 Å². The van der Waals surface area contributed by atoms with Crippen molar-refractivity contribution in [2.45, 2.75) is 19.8 Å². The van der Waals surface area contributed by atoms with Gasteiger partial charge in [-0.3, -0.25) is 9.59 Å². The Morgan fingerprint density at radius 3 is 2.62 bits per heavy atom. The van der Waals surface area contributed by atoms with Crippen molar-refractivity contribution < 1.29 is 14.0 Å². The summed E-state index contributed by atoms with van der Waals surface area (Å²) < 4.78 is 13.2. The second-order valence-electron chi connectivity index (χ2n) is 6.55. The maximum absolute atomic E-state index is 13.2. The summed E-state index contributed by atoms with van der Waals surface area (Å²) in [5, 5.41) is 3.43. The van der Waals surface area contributed by atoms with Gasteiger partial charge in [-0.1, -0.05) is 11.6 Å². The Morgan fingerprint density at radius 2 is 1.92 bits per heavy atom. The number of carbonyl (C=O) groups is 2. The average Bonchev–Trinajstić information content (AvgIpc) is 2.64. The fourth-order valence-electron chi connectivity index (χ4n) is 3.15. The maximum Gasteiger partial charge on any atom is 0.253 e. The van der Waals surface area contributed by atoms with E-state index < -0.39 is 0 Å². The van der Waals surface area contributed by atoms with Crippen molar-refractivity contribution in [1.82, 2.24) is 4.90 Å². The zero-order chi connectivity index (χ0) is 18.7. The van der Waals surface area contributed by atoms with Gasteiger partial charge in [0.25, 0.3) is 5.91 Å². The molecule has 2 aromatic rings. The number of benzene rings is 2. The van der Waals surface area contributed by atoms with E-state index in [0.717, 1.165) is 12.8 Å². The third-order valence-electron chi connectivity index (χ3n) is 4.62. The summed E-state index contributed by atoms with van der Waals surface area (Å²) in [5.74, 6) is -0.868. The Bertz CT molecular complexity index is 823. The number of hydrogen-bond acceptors (Lipinski definition) is 2. The van der Waals surface area contributed by atoms with E-state index in [1.807, 2.05) is 0 Å². The molecule has 136 valence electrons. The molecule has 1 N–H and O–H groups in total. The minimum Gasteiger partial charge on any atom is -0.338 e. The van der Waals surface area contributed by atoms with Crippen LogP contribution in [0.25, 0.3) is 0 Å². The molecule has 26 heavy (non-hydrogen) atoms. The molecule has 0 saturated carbocycles. The molecule has 1 aliphatic heterocycles. The average molecular weight is 375 g/mol. The van der Waals surface area contributed by atoms with Crippen LogP contribution in [0.2, 0.25) is 5.02 Å². The van der Waals surface area contributed by atoms with Crippen molar-refractivity contribution >= 4 is 29.1 Å². The molecule has 1 unspecified atom stereocenters. The van der Waals surface area contributed by atoms with Gasteiger partial charge in [-0.15, -0.1) is 0 Å². The van der Waals surface area contributed by atoms with Gasteiger partial charge >= 0.3 is 0 Å². The molecule has 2 amide bonds. The lowest BCUT2D eigenvalue weighted by molar-refractivity contribution is -0.121. The Balaban J connectivity index is 1.66. The summed E-state index contributed by atoms with van der Waals surface area (Å²) in [6.45, 7) is 2.74. The van der Waals surface area contributed by atoms with Crippen LogP contribution in [0.5, 0.6) is 0 Å². The topological polar surface area (TPSA) is 49.4 Å². The van der Waals surface area contributed by atoms with E-state index in [1.54, 1.807) is 42.2 Å². The van der Waals surface area contributed by atoms with E-state index in [1.165, 1.54) is 12.1 Å². The number of anilines is 1. The third kappa shape index (κ3) is 4.22. The van der Waals surface area contributed by atoms with Gasteiger partial charge in [0.2, 0.25) is 5.91 Å². The van der Waals surface area contributed by atoms with Gasteiger partial charge in [0, 0.05) is 29.4 Å². The number of nitrogens with one attached hydrogen (secondary N) is 1. The molecule has 4 nitrogen and oxygen atoms in total. The first-order valence-corrected chi connectivity index (χ1v) is 8.93. The molecule has 0 bridgehead atoms. The van der Waals surface area contributed by atoms with Crippen molar-refractivity contribution in [2.75, 3.05) is 18.4 Å². The Labute approximate surface area is 157 Å². The molecule has 0 radical (unpaired) electrons. The highest BCUT2D eigenvalue weighted by Crippen LogP contribution is 2.22. The molecule has 1 fully saturated rings. The van der Waals surface area contributed by atoms with Crippen LogP contribution < -0.4 is 5.32 Å². The lowest BCUT2D eigenvalue weighted by Crippen LogP contribution is -2.43. The molecule has 0 aliphatic carbocycles. The fourth-order valence-corrected chi connectivity index (χ4v) is 3.28. The number of likely N-dealkylation sites (tertiary alicyclic amines) is 1. The van der Waals surface area contributed by atoms with Crippen LogP contribution in [0, 0.1) is 18.7 Å². The molecule has 1 aliphatic rings. The Hall–Kier alpha value is -2.40. The second-order valence-corrected chi connectivity index (χ2v) is 6.98. The van der Waals surface area contributed by atoms with Gasteiger partial charge in [-0.05, 0) is 67.8 Å². The second kappa shape index (κ2) is 7.87. The quantitative estimate of drug-likeness (QED) is 0.871. The minimum absolute atomic E-state index is 0.0999. The normalized spacial score (nSPS) is 17.0. The van der Waals surface area contributed by atoms with E-state index in [9.17, 15) is 14.0 Å². The molecule has 0 spiro atoms. The predicted octanol–water partition coefficient (Wildman–Crippen LogP) is 4.28. The standard InChI is InChI=1S/C20H20ClFN2O2/c1-13-11-17(22)8-9-18(13)23-19(25)15-3-2-10-24(12-15)20(26)14-4-6-16(21)7-5-14/h4-9,11,15H,2-3,10,12H2,1H3,(H,23,25). The smallest absolute Gasteiger partial charge is 0.253 e. The first-order chi connectivity index (χ1) is 12.4. The maximum atomic E-state index is 13.2. The Morgan fingerprint density at radius 1 is 1.19 bits per heavy atom. The monoisotopic (exact) mass is 374 g/mol. The number of amides is 2. The molecule has 3 rings (SSSR count). The number of rotatable bonds is 3. The molecule has 2 aromatic carbocycles. The van der Waals surface area contributed by atoms with Crippen molar-refractivity contribution in [2.24, 2.45) is 5.92 Å². The van der Waals surface area contributed by atoms with Crippen LogP contribution in [0.1, 0.15) is 28.8 Å². The molecule has 1 saturated heterocycles. The molecule has 1 atom stereocenters. The number of piperidine rings is 1. The van der Waals surface area contributed by atoms with Crippen molar-refractivity contribution in [1.29, 1.82) is 0 Å². The van der Waals surface area contributed by atoms with E-state index in [2.05, 4.69) is 5.32 Å². The number of carbonyl (C=O) groups excluding carboxylic acids is 2. The van der Waals surface area contributed by atoms with Gasteiger partial charge < -0.3 is 10.2 Å².